The average Bonchev–Trinajstić information content (AvgIpc) is 2.82. The molecule has 190 valence electrons. The fourth-order valence-electron chi connectivity index (χ4n) is 4.26. The lowest BCUT2D eigenvalue weighted by Gasteiger charge is -2.33. The first-order valence-corrected chi connectivity index (χ1v) is 12.2. The molecular formula is C27H38N4O4. The molecular weight excluding hydrogens is 444 g/mol. The molecule has 0 fully saturated rings. The van der Waals surface area contributed by atoms with Gasteiger partial charge in [-0.15, -0.1) is 0 Å². The maximum Gasteiger partial charge on any atom is 0.319 e. The smallest absolute Gasteiger partial charge is 0.319 e. The molecule has 3 rings (SSSR count). The quantitative estimate of drug-likeness (QED) is 0.677. The molecule has 8 heteroatoms. The standard InChI is InChI=1S/C27H38N4O4/c1-19(2)28-27(33)29-22-11-12-24-23(15-22)26(32)30(4)18-25(34-5)20(3)16-31(13-14-35-24)17-21-9-7-6-8-10-21/h6-12,15,19-20,25H,13-14,16-18H2,1-5H3,(H2,28,29,33)/t20-,25-/m0/s1. The van der Waals surface area contributed by atoms with Crippen molar-refractivity contribution in [2.45, 2.75) is 39.5 Å². The summed E-state index contributed by atoms with van der Waals surface area (Å²) in [6.45, 7) is 9.14. The van der Waals surface area contributed by atoms with Gasteiger partial charge in [-0.1, -0.05) is 37.3 Å². The van der Waals surface area contributed by atoms with Crippen LogP contribution in [0.5, 0.6) is 5.75 Å². The highest BCUT2D eigenvalue weighted by Gasteiger charge is 2.26. The first-order valence-electron chi connectivity index (χ1n) is 12.2. The van der Waals surface area contributed by atoms with E-state index in [1.54, 1.807) is 37.3 Å². The maximum absolute atomic E-state index is 13.4. The molecule has 2 aromatic carbocycles. The lowest BCUT2D eigenvalue weighted by molar-refractivity contribution is 0.0161. The second-order valence-corrected chi connectivity index (χ2v) is 9.47. The van der Waals surface area contributed by atoms with Gasteiger partial charge in [-0.3, -0.25) is 9.69 Å². The van der Waals surface area contributed by atoms with E-state index in [9.17, 15) is 9.59 Å². The zero-order valence-corrected chi connectivity index (χ0v) is 21.4. The fourth-order valence-corrected chi connectivity index (χ4v) is 4.26. The van der Waals surface area contributed by atoms with Crippen molar-refractivity contribution in [1.82, 2.24) is 15.1 Å². The van der Waals surface area contributed by atoms with Crippen LogP contribution >= 0.6 is 0 Å². The van der Waals surface area contributed by atoms with Crippen molar-refractivity contribution < 1.29 is 19.1 Å². The number of amides is 3. The Bertz CT molecular complexity index is 982. The number of urea groups is 1. The van der Waals surface area contributed by atoms with Crippen molar-refractivity contribution in [3.8, 4) is 5.75 Å². The Balaban J connectivity index is 1.86. The van der Waals surface area contributed by atoms with Gasteiger partial charge in [0.15, 0.2) is 0 Å². The van der Waals surface area contributed by atoms with E-state index in [0.717, 1.165) is 13.1 Å². The van der Waals surface area contributed by atoms with Gasteiger partial charge in [-0.25, -0.2) is 4.79 Å². The van der Waals surface area contributed by atoms with Gasteiger partial charge < -0.3 is 25.0 Å². The molecule has 0 aliphatic carbocycles. The molecule has 2 aromatic rings. The molecule has 2 atom stereocenters. The van der Waals surface area contributed by atoms with Gasteiger partial charge in [0, 0.05) is 52.1 Å². The number of anilines is 1. The number of hydrogen-bond acceptors (Lipinski definition) is 5. The summed E-state index contributed by atoms with van der Waals surface area (Å²) in [5, 5.41) is 5.59. The number of fused-ring (bicyclic) bond motifs is 1. The average molecular weight is 483 g/mol. The van der Waals surface area contributed by atoms with Gasteiger partial charge in [-0.2, -0.15) is 0 Å². The van der Waals surface area contributed by atoms with E-state index in [0.29, 0.717) is 36.7 Å². The SMILES string of the molecule is CO[C@H]1CN(C)C(=O)c2cc(NC(=O)NC(C)C)ccc2OCCN(Cc2ccccc2)C[C@@H]1C. The van der Waals surface area contributed by atoms with Gasteiger partial charge >= 0.3 is 6.03 Å². The molecule has 35 heavy (non-hydrogen) atoms. The summed E-state index contributed by atoms with van der Waals surface area (Å²) in [7, 11) is 3.46. The summed E-state index contributed by atoms with van der Waals surface area (Å²) in [5.41, 5.74) is 2.18. The summed E-state index contributed by atoms with van der Waals surface area (Å²) in [5.74, 6) is 0.522. The zero-order chi connectivity index (χ0) is 25.4. The van der Waals surface area contributed by atoms with Crippen molar-refractivity contribution in [2.75, 3.05) is 45.7 Å². The number of ether oxygens (including phenoxy) is 2. The molecule has 0 bridgehead atoms. The maximum atomic E-state index is 13.4. The van der Waals surface area contributed by atoms with Crippen molar-refractivity contribution >= 4 is 17.6 Å². The minimum absolute atomic E-state index is 0.00202. The molecule has 2 N–H and O–H groups in total. The number of carbonyl (C=O) groups is 2. The third kappa shape index (κ3) is 7.70. The second-order valence-electron chi connectivity index (χ2n) is 9.47. The van der Waals surface area contributed by atoms with E-state index < -0.39 is 0 Å². The molecule has 0 saturated carbocycles. The third-order valence-corrected chi connectivity index (χ3v) is 6.09. The number of nitrogens with zero attached hydrogens (tertiary/aromatic N) is 2. The number of likely N-dealkylation sites (N-methyl/N-ethyl adjacent to an activating group) is 1. The predicted molar refractivity (Wildman–Crippen MR) is 138 cm³/mol. The molecule has 0 spiro atoms. The summed E-state index contributed by atoms with van der Waals surface area (Å²) >= 11 is 0. The van der Waals surface area contributed by atoms with Crippen LogP contribution in [0.1, 0.15) is 36.7 Å². The summed E-state index contributed by atoms with van der Waals surface area (Å²) < 4.78 is 11.9. The first-order chi connectivity index (χ1) is 16.8. The predicted octanol–water partition coefficient (Wildman–Crippen LogP) is 3.83. The van der Waals surface area contributed by atoms with E-state index in [4.69, 9.17) is 9.47 Å². The van der Waals surface area contributed by atoms with Gasteiger partial charge in [0.2, 0.25) is 0 Å². The Hall–Kier alpha value is -3.10. The van der Waals surface area contributed by atoms with Crippen LogP contribution in [0, 0.1) is 5.92 Å². The Morgan fingerprint density at radius 2 is 1.91 bits per heavy atom. The van der Waals surface area contributed by atoms with Gasteiger partial charge in [0.1, 0.15) is 12.4 Å². The minimum atomic E-state index is -0.320. The first kappa shape index (κ1) is 26.5. The Morgan fingerprint density at radius 1 is 1.17 bits per heavy atom. The van der Waals surface area contributed by atoms with Crippen LogP contribution in [0.2, 0.25) is 0 Å². The van der Waals surface area contributed by atoms with Gasteiger partial charge in [0.05, 0.1) is 11.7 Å². The van der Waals surface area contributed by atoms with E-state index in [1.807, 2.05) is 32.0 Å². The number of nitrogens with one attached hydrogen (secondary N) is 2. The zero-order valence-electron chi connectivity index (χ0n) is 21.4. The van der Waals surface area contributed by atoms with Crippen LogP contribution in [0.15, 0.2) is 48.5 Å². The van der Waals surface area contributed by atoms with E-state index in [2.05, 4.69) is 34.6 Å². The van der Waals surface area contributed by atoms with Crippen molar-refractivity contribution in [1.29, 1.82) is 0 Å². The largest absolute Gasteiger partial charge is 0.491 e. The van der Waals surface area contributed by atoms with Crippen LogP contribution < -0.4 is 15.4 Å². The van der Waals surface area contributed by atoms with E-state index in [-0.39, 0.29) is 30.0 Å². The van der Waals surface area contributed by atoms with Crippen molar-refractivity contribution in [3.05, 3.63) is 59.7 Å². The van der Waals surface area contributed by atoms with Crippen LogP contribution in [-0.2, 0) is 11.3 Å². The van der Waals surface area contributed by atoms with Crippen LogP contribution in [0.4, 0.5) is 10.5 Å². The topological polar surface area (TPSA) is 83.1 Å². The fraction of sp³-hybridized carbons (Fsp3) is 0.481. The molecule has 0 aromatic heterocycles. The lowest BCUT2D eigenvalue weighted by atomic mass is 10.0. The highest BCUT2D eigenvalue weighted by Crippen LogP contribution is 2.26. The van der Waals surface area contributed by atoms with Crippen LogP contribution in [0.25, 0.3) is 0 Å². The number of methoxy groups -OCH3 is 1. The number of hydrogen-bond donors (Lipinski definition) is 2. The van der Waals surface area contributed by atoms with E-state index in [1.165, 1.54) is 5.56 Å². The molecule has 0 saturated heterocycles. The third-order valence-electron chi connectivity index (χ3n) is 6.09. The van der Waals surface area contributed by atoms with Gasteiger partial charge in [-0.05, 0) is 43.5 Å². The molecule has 1 aliphatic rings. The minimum Gasteiger partial charge on any atom is -0.491 e. The molecule has 0 unspecified atom stereocenters. The molecule has 0 radical (unpaired) electrons. The monoisotopic (exact) mass is 482 g/mol. The van der Waals surface area contributed by atoms with Crippen LogP contribution in [0.3, 0.4) is 0 Å². The highest BCUT2D eigenvalue weighted by atomic mass is 16.5. The van der Waals surface area contributed by atoms with Crippen molar-refractivity contribution in [3.63, 3.8) is 0 Å². The number of carbonyl (C=O) groups excluding carboxylic acids is 2. The van der Waals surface area contributed by atoms with Crippen LogP contribution in [-0.4, -0.2) is 74.3 Å². The number of benzene rings is 2. The second kappa shape index (κ2) is 12.6. The summed E-state index contributed by atoms with van der Waals surface area (Å²) in [4.78, 5) is 29.6. The highest BCUT2D eigenvalue weighted by molar-refractivity contribution is 5.99. The lowest BCUT2D eigenvalue weighted by Crippen LogP contribution is -2.43. The Kier molecular flexibility index (Phi) is 9.51. The number of rotatable bonds is 5. The Morgan fingerprint density at radius 3 is 2.60 bits per heavy atom. The molecule has 1 aliphatic heterocycles. The normalized spacial score (nSPS) is 19.8. The molecule has 1 heterocycles. The van der Waals surface area contributed by atoms with Crippen molar-refractivity contribution in [2.24, 2.45) is 5.92 Å². The van der Waals surface area contributed by atoms with Gasteiger partial charge in [0.25, 0.3) is 5.91 Å². The van der Waals surface area contributed by atoms with E-state index >= 15 is 0 Å². The molecule has 3 amide bonds. The summed E-state index contributed by atoms with van der Waals surface area (Å²) in [6.07, 6.45) is -0.121. The Labute approximate surface area is 208 Å². The molecule has 8 nitrogen and oxygen atoms in total. The summed E-state index contributed by atoms with van der Waals surface area (Å²) in [6, 6.07) is 15.2.